The zero-order valence-corrected chi connectivity index (χ0v) is 11.4. The molecule has 0 saturated heterocycles. The Balaban J connectivity index is 2.51. The van der Waals surface area contributed by atoms with Crippen molar-refractivity contribution >= 4 is 34.1 Å². The highest BCUT2D eigenvalue weighted by Crippen LogP contribution is 2.28. The van der Waals surface area contributed by atoms with Gasteiger partial charge in [0.1, 0.15) is 0 Å². The Morgan fingerprint density at radius 1 is 1.18 bits per heavy atom. The molecule has 0 radical (unpaired) electrons. The summed E-state index contributed by atoms with van der Waals surface area (Å²) >= 11 is 12.0. The van der Waals surface area contributed by atoms with E-state index in [1.54, 1.807) is 0 Å². The standard InChI is InChI=1S/C13H14Cl2N2/c1-8-9(3-4-16-2)5-10-6-11(14)12(15)7-13(10)17-8/h5-7,16H,3-4H2,1-2H3. The van der Waals surface area contributed by atoms with Crippen LogP contribution in [0, 0.1) is 6.92 Å². The zero-order valence-electron chi connectivity index (χ0n) is 9.85. The van der Waals surface area contributed by atoms with Gasteiger partial charge >= 0.3 is 0 Å². The van der Waals surface area contributed by atoms with Gasteiger partial charge in [0.2, 0.25) is 0 Å². The van der Waals surface area contributed by atoms with E-state index in [2.05, 4.69) is 16.4 Å². The molecule has 2 aromatic rings. The van der Waals surface area contributed by atoms with E-state index in [1.165, 1.54) is 5.56 Å². The zero-order chi connectivity index (χ0) is 12.4. The maximum atomic E-state index is 6.01. The van der Waals surface area contributed by atoms with Crippen LogP contribution in [0.15, 0.2) is 18.2 Å². The Kier molecular flexibility index (Phi) is 3.87. The summed E-state index contributed by atoms with van der Waals surface area (Å²) in [6.07, 6.45) is 0.964. The number of hydrogen-bond donors (Lipinski definition) is 1. The second kappa shape index (κ2) is 5.21. The first kappa shape index (κ1) is 12.6. The Hall–Kier alpha value is -0.830. The minimum absolute atomic E-state index is 0.550. The number of rotatable bonds is 3. The fourth-order valence-corrected chi connectivity index (χ4v) is 2.15. The highest BCUT2D eigenvalue weighted by Gasteiger charge is 2.06. The maximum absolute atomic E-state index is 6.01. The minimum atomic E-state index is 0.550. The Morgan fingerprint density at radius 3 is 2.59 bits per heavy atom. The van der Waals surface area contributed by atoms with Gasteiger partial charge in [0, 0.05) is 11.1 Å². The molecule has 1 N–H and O–H groups in total. The van der Waals surface area contributed by atoms with Gasteiger partial charge in [0.15, 0.2) is 0 Å². The molecule has 0 bridgehead atoms. The summed E-state index contributed by atoms with van der Waals surface area (Å²) in [7, 11) is 1.94. The molecule has 0 fully saturated rings. The van der Waals surface area contributed by atoms with Gasteiger partial charge in [0.25, 0.3) is 0 Å². The van der Waals surface area contributed by atoms with Crippen molar-refractivity contribution in [3.05, 3.63) is 39.5 Å². The van der Waals surface area contributed by atoms with E-state index >= 15 is 0 Å². The fourth-order valence-electron chi connectivity index (χ4n) is 1.82. The molecule has 0 amide bonds. The molecule has 2 nitrogen and oxygen atoms in total. The molecule has 4 heteroatoms. The predicted molar refractivity (Wildman–Crippen MR) is 74.1 cm³/mol. The van der Waals surface area contributed by atoms with Crippen molar-refractivity contribution in [1.82, 2.24) is 10.3 Å². The summed E-state index contributed by atoms with van der Waals surface area (Å²) in [5, 5.41) is 5.30. The Labute approximate surface area is 111 Å². The van der Waals surface area contributed by atoms with E-state index in [0.717, 1.165) is 29.6 Å². The lowest BCUT2D eigenvalue weighted by molar-refractivity contribution is 0.786. The summed E-state index contributed by atoms with van der Waals surface area (Å²) in [6.45, 7) is 2.96. The molecule has 17 heavy (non-hydrogen) atoms. The second-order valence-corrected chi connectivity index (χ2v) is 4.86. The number of aryl methyl sites for hydroxylation is 1. The number of aromatic nitrogens is 1. The third-order valence-corrected chi connectivity index (χ3v) is 3.52. The van der Waals surface area contributed by atoms with E-state index in [1.807, 2.05) is 26.1 Å². The summed E-state index contributed by atoms with van der Waals surface area (Å²) in [5.74, 6) is 0. The summed E-state index contributed by atoms with van der Waals surface area (Å²) < 4.78 is 0. The molecule has 0 atom stereocenters. The molecule has 0 unspecified atom stereocenters. The molecule has 0 aliphatic carbocycles. The summed E-state index contributed by atoms with van der Waals surface area (Å²) in [4.78, 5) is 4.56. The van der Waals surface area contributed by atoms with Crippen molar-refractivity contribution in [2.75, 3.05) is 13.6 Å². The molecular formula is C13H14Cl2N2. The van der Waals surface area contributed by atoms with Crippen molar-refractivity contribution in [3.8, 4) is 0 Å². The topological polar surface area (TPSA) is 24.9 Å². The van der Waals surface area contributed by atoms with Gasteiger partial charge in [0.05, 0.1) is 15.6 Å². The van der Waals surface area contributed by atoms with Crippen molar-refractivity contribution < 1.29 is 0 Å². The highest BCUT2D eigenvalue weighted by molar-refractivity contribution is 6.42. The van der Waals surface area contributed by atoms with Crippen LogP contribution in [0.25, 0.3) is 10.9 Å². The lowest BCUT2D eigenvalue weighted by atomic mass is 10.1. The van der Waals surface area contributed by atoms with Crippen LogP contribution in [0.5, 0.6) is 0 Å². The van der Waals surface area contributed by atoms with Gasteiger partial charge in [-0.05, 0) is 50.7 Å². The molecule has 1 aromatic carbocycles. The van der Waals surface area contributed by atoms with Crippen LogP contribution >= 0.6 is 23.2 Å². The molecular weight excluding hydrogens is 255 g/mol. The quantitative estimate of drug-likeness (QED) is 0.920. The van der Waals surface area contributed by atoms with Gasteiger partial charge < -0.3 is 5.32 Å². The Morgan fingerprint density at radius 2 is 1.88 bits per heavy atom. The first-order valence-electron chi connectivity index (χ1n) is 5.51. The monoisotopic (exact) mass is 268 g/mol. The second-order valence-electron chi connectivity index (χ2n) is 4.05. The van der Waals surface area contributed by atoms with Crippen molar-refractivity contribution in [2.45, 2.75) is 13.3 Å². The van der Waals surface area contributed by atoms with E-state index < -0.39 is 0 Å². The number of benzene rings is 1. The third-order valence-electron chi connectivity index (χ3n) is 2.80. The molecule has 0 spiro atoms. The van der Waals surface area contributed by atoms with Gasteiger partial charge in [-0.25, -0.2) is 0 Å². The maximum Gasteiger partial charge on any atom is 0.0721 e. The van der Waals surface area contributed by atoms with Crippen LogP contribution in [-0.2, 0) is 6.42 Å². The lowest BCUT2D eigenvalue weighted by Crippen LogP contribution is -2.11. The number of nitrogens with zero attached hydrogens (tertiary/aromatic N) is 1. The average Bonchev–Trinajstić information content (AvgIpc) is 2.29. The van der Waals surface area contributed by atoms with Crippen LogP contribution in [0.2, 0.25) is 10.0 Å². The lowest BCUT2D eigenvalue weighted by Gasteiger charge is -2.08. The van der Waals surface area contributed by atoms with Crippen LogP contribution in [0.4, 0.5) is 0 Å². The largest absolute Gasteiger partial charge is 0.319 e. The predicted octanol–water partition coefficient (Wildman–Crippen LogP) is 3.61. The number of fused-ring (bicyclic) bond motifs is 1. The van der Waals surface area contributed by atoms with Crippen LogP contribution in [0.1, 0.15) is 11.3 Å². The van der Waals surface area contributed by atoms with E-state index in [4.69, 9.17) is 23.2 Å². The van der Waals surface area contributed by atoms with E-state index in [9.17, 15) is 0 Å². The van der Waals surface area contributed by atoms with Gasteiger partial charge in [-0.1, -0.05) is 23.2 Å². The molecule has 1 heterocycles. The number of hydrogen-bond acceptors (Lipinski definition) is 2. The SMILES string of the molecule is CNCCc1cc2cc(Cl)c(Cl)cc2nc1C. The third kappa shape index (κ3) is 2.71. The van der Waals surface area contributed by atoms with E-state index in [0.29, 0.717) is 10.0 Å². The molecule has 0 saturated carbocycles. The van der Waals surface area contributed by atoms with Gasteiger partial charge in [-0.3, -0.25) is 4.98 Å². The number of pyridine rings is 1. The summed E-state index contributed by atoms with van der Waals surface area (Å²) in [5.41, 5.74) is 3.18. The normalized spacial score (nSPS) is 11.1. The molecule has 90 valence electrons. The van der Waals surface area contributed by atoms with Crippen LogP contribution in [0.3, 0.4) is 0 Å². The Bertz CT molecular complexity index is 553. The number of halogens is 2. The van der Waals surface area contributed by atoms with Crippen molar-refractivity contribution in [2.24, 2.45) is 0 Å². The number of nitrogens with one attached hydrogen (secondary N) is 1. The smallest absolute Gasteiger partial charge is 0.0721 e. The van der Waals surface area contributed by atoms with Crippen LogP contribution < -0.4 is 5.32 Å². The molecule has 0 aliphatic rings. The first-order valence-corrected chi connectivity index (χ1v) is 6.27. The van der Waals surface area contributed by atoms with E-state index in [-0.39, 0.29) is 0 Å². The molecule has 2 rings (SSSR count). The fraction of sp³-hybridized carbons (Fsp3) is 0.308. The molecule has 1 aromatic heterocycles. The van der Waals surface area contributed by atoms with Crippen molar-refractivity contribution in [3.63, 3.8) is 0 Å². The average molecular weight is 269 g/mol. The first-order chi connectivity index (χ1) is 8.11. The highest BCUT2D eigenvalue weighted by atomic mass is 35.5. The molecule has 0 aliphatic heterocycles. The van der Waals surface area contributed by atoms with Crippen LogP contribution in [-0.4, -0.2) is 18.6 Å². The minimum Gasteiger partial charge on any atom is -0.319 e. The summed E-state index contributed by atoms with van der Waals surface area (Å²) in [6, 6.07) is 5.82. The van der Waals surface area contributed by atoms with Crippen molar-refractivity contribution in [1.29, 1.82) is 0 Å². The van der Waals surface area contributed by atoms with Gasteiger partial charge in [-0.15, -0.1) is 0 Å². The number of likely N-dealkylation sites (N-methyl/N-ethyl adjacent to an activating group) is 1. The van der Waals surface area contributed by atoms with Gasteiger partial charge in [-0.2, -0.15) is 0 Å².